The van der Waals surface area contributed by atoms with Gasteiger partial charge in [0.25, 0.3) is 5.89 Å². The third kappa shape index (κ3) is 4.40. The lowest BCUT2D eigenvalue weighted by atomic mass is 10.1. The number of amides is 1. The van der Waals surface area contributed by atoms with Gasteiger partial charge in [0, 0.05) is 28.5 Å². The highest BCUT2D eigenvalue weighted by molar-refractivity contribution is 6.30. The molecule has 0 radical (unpaired) electrons. The van der Waals surface area contributed by atoms with Crippen LogP contribution in [-0.4, -0.2) is 31.6 Å². The summed E-state index contributed by atoms with van der Waals surface area (Å²) in [4.78, 5) is 34.6. The normalized spacial score (nSPS) is 12.1. The predicted molar refractivity (Wildman–Crippen MR) is 122 cm³/mol. The summed E-state index contributed by atoms with van der Waals surface area (Å²) in [7, 11) is 0. The number of benzene rings is 1. The lowest BCUT2D eigenvalue weighted by Crippen LogP contribution is -2.35. The maximum Gasteiger partial charge on any atom is 0.263 e. The fraction of sp³-hybridized carbons (Fsp3) is 0.261. The second-order valence-electron chi connectivity index (χ2n) is 7.63. The molecule has 0 aliphatic carbocycles. The molecule has 1 atom stereocenters. The highest BCUT2D eigenvalue weighted by Crippen LogP contribution is 2.23. The van der Waals surface area contributed by atoms with Crippen LogP contribution in [0.1, 0.15) is 26.0 Å². The number of aryl methyl sites for hydroxylation is 1. The van der Waals surface area contributed by atoms with Gasteiger partial charge in [-0.15, -0.1) is 0 Å². The van der Waals surface area contributed by atoms with Crippen LogP contribution >= 0.6 is 11.6 Å². The lowest BCUT2D eigenvalue weighted by molar-refractivity contribution is -0.122. The summed E-state index contributed by atoms with van der Waals surface area (Å²) in [6.45, 7) is 5.77. The van der Waals surface area contributed by atoms with Gasteiger partial charge in [-0.25, -0.2) is 4.98 Å². The maximum absolute atomic E-state index is 13.2. The molecule has 1 N–H and O–H groups in total. The van der Waals surface area contributed by atoms with Crippen molar-refractivity contribution in [3.8, 4) is 22.8 Å². The molecule has 1 aromatic carbocycles. The van der Waals surface area contributed by atoms with E-state index in [-0.39, 0.29) is 35.4 Å². The first-order valence-corrected chi connectivity index (χ1v) is 10.6. The Hall–Kier alpha value is -3.52. The monoisotopic (exact) mass is 451 g/mol. The van der Waals surface area contributed by atoms with Crippen LogP contribution in [0.25, 0.3) is 33.9 Å². The van der Waals surface area contributed by atoms with Gasteiger partial charge in [0.1, 0.15) is 17.8 Å². The summed E-state index contributed by atoms with van der Waals surface area (Å²) >= 11 is 5.94. The van der Waals surface area contributed by atoms with E-state index in [4.69, 9.17) is 16.1 Å². The Balaban J connectivity index is 1.79. The van der Waals surface area contributed by atoms with Gasteiger partial charge in [-0.3, -0.25) is 9.59 Å². The largest absolute Gasteiger partial charge is 0.352 e. The SMILES string of the molecule is CCC(C)NC(=O)Cn1cc(-c2nc(-c3ccc(Cl)cc3)no2)c(=O)c2ccc(C)nc21. The summed E-state index contributed by atoms with van der Waals surface area (Å²) in [6, 6.07) is 10.5. The van der Waals surface area contributed by atoms with Crippen molar-refractivity contribution in [2.24, 2.45) is 0 Å². The molecule has 3 heterocycles. The molecule has 1 unspecified atom stereocenters. The molecule has 0 saturated heterocycles. The minimum Gasteiger partial charge on any atom is -0.352 e. The smallest absolute Gasteiger partial charge is 0.263 e. The Bertz CT molecular complexity index is 1340. The molecule has 0 saturated carbocycles. The minimum absolute atomic E-state index is 0.00273. The van der Waals surface area contributed by atoms with Crippen molar-refractivity contribution in [2.75, 3.05) is 0 Å². The summed E-state index contributed by atoms with van der Waals surface area (Å²) in [6.07, 6.45) is 2.36. The van der Waals surface area contributed by atoms with Crippen LogP contribution in [0.3, 0.4) is 0 Å². The molecule has 0 fully saturated rings. The number of halogens is 1. The van der Waals surface area contributed by atoms with Crippen LogP contribution in [0, 0.1) is 6.92 Å². The Morgan fingerprint density at radius 3 is 2.66 bits per heavy atom. The number of rotatable bonds is 6. The molecular formula is C23H22ClN5O3. The van der Waals surface area contributed by atoms with E-state index in [1.165, 1.54) is 0 Å². The van der Waals surface area contributed by atoms with Crippen molar-refractivity contribution in [1.29, 1.82) is 0 Å². The van der Waals surface area contributed by atoms with Crippen LogP contribution in [0.15, 0.2) is 51.9 Å². The summed E-state index contributed by atoms with van der Waals surface area (Å²) in [5, 5.41) is 7.89. The highest BCUT2D eigenvalue weighted by Gasteiger charge is 2.19. The molecule has 0 aliphatic rings. The number of carbonyl (C=O) groups excluding carboxylic acids is 1. The second-order valence-corrected chi connectivity index (χ2v) is 8.07. The maximum atomic E-state index is 13.2. The molecular weight excluding hydrogens is 430 g/mol. The molecule has 0 aliphatic heterocycles. The van der Waals surface area contributed by atoms with E-state index < -0.39 is 0 Å². The van der Waals surface area contributed by atoms with Crippen molar-refractivity contribution in [1.82, 2.24) is 25.0 Å². The third-order valence-corrected chi connectivity index (χ3v) is 5.41. The zero-order valence-electron chi connectivity index (χ0n) is 17.9. The predicted octanol–water partition coefficient (Wildman–Crippen LogP) is 3.99. The quantitative estimate of drug-likeness (QED) is 0.475. The number of nitrogens with zero attached hydrogens (tertiary/aromatic N) is 4. The van der Waals surface area contributed by atoms with E-state index in [1.54, 1.807) is 47.2 Å². The van der Waals surface area contributed by atoms with Gasteiger partial charge in [0.15, 0.2) is 0 Å². The first-order chi connectivity index (χ1) is 15.4. The van der Waals surface area contributed by atoms with Crippen LogP contribution in [0.4, 0.5) is 0 Å². The van der Waals surface area contributed by atoms with Gasteiger partial charge in [0.2, 0.25) is 17.2 Å². The highest BCUT2D eigenvalue weighted by atomic mass is 35.5. The zero-order valence-corrected chi connectivity index (χ0v) is 18.7. The Labute approximate surface area is 189 Å². The fourth-order valence-corrected chi connectivity index (χ4v) is 3.39. The van der Waals surface area contributed by atoms with E-state index in [0.29, 0.717) is 27.4 Å². The number of hydrogen-bond donors (Lipinski definition) is 1. The second kappa shape index (κ2) is 8.92. The van der Waals surface area contributed by atoms with Crippen LogP contribution in [0.5, 0.6) is 0 Å². The fourth-order valence-electron chi connectivity index (χ4n) is 3.26. The van der Waals surface area contributed by atoms with Gasteiger partial charge < -0.3 is 14.4 Å². The van der Waals surface area contributed by atoms with Crippen molar-refractivity contribution in [2.45, 2.75) is 39.8 Å². The molecule has 0 spiro atoms. The summed E-state index contributed by atoms with van der Waals surface area (Å²) < 4.78 is 7.04. The molecule has 4 rings (SSSR count). The Morgan fingerprint density at radius 2 is 1.94 bits per heavy atom. The van der Waals surface area contributed by atoms with Gasteiger partial charge >= 0.3 is 0 Å². The number of carbonyl (C=O) groups is 1. The van der Waals surface area contributed by atoms with Crippen LogP contribution in [0.2, 0.25) is 5.02 Å². The molecule has 8 nitrogen and oxygen atoms in total. The average Bonchev–Trinajstić information content (AvgIpc) is 3.26. The molecule has 164 valence electrons. The molecule has 1 amide bonds. The van der Waals surface area contributed by atoms with E-state index in [0.717, 1.165) is 12.1 Å². The van der Waals surface area contributed by atoms with E-state index in [2.05, 4.69) is 20.4 Å². The van der Waals surface area contributed by atoms with E-state index in [1.807, 2.05) is 20.8 Å². The Morgan fingerprint density at radius 1 is 1.19 bits per heavy atom. The third-order valence-electron chi connectivity index (χ3n) is 5.15. The average molecular weight is 452 g/mol. The van der Waals surface area contributed by atoms with Gasteiger partial charge in [0.05, 0.1) is 5.39 Å². The van der Waals surface area contributed by atoms with E-state index >= 15 is 0 Å². The van der Waals surface area contributed by atoms with Gasteiger partial charge in [-0.05, 0) is 56.7 Å². The molecule has 32 heavy (non-hydrogen) atoms. The standard InChI is InChI=1S/C23H22ClN5O3/c1-4-13(2)25-19(30)12-29-11-18(20(31)17-10-5-14(3)26-22(17)29)23-27-21(28-32-23)15-6-8-16(24)9-7-15/h5-11,13H,4,12H2,1-3H3,(H,25,30). The van der Waals surface area contributed by atoms with Gasteiger partial charge in [-0.1, -0.05) is 23.7 Å². The molecule has 9 heteroatoms. The number of pyridine rings is 2. The van der Waals surface area contributed by atoms with E-state index in [9.17, 15) is 9.59 Å². The number of hydrogen-bond acceptors (Lipinski definition) is 6. The first kappa shape index (κ1) is 21.7. The number of fused-ring (bicyclic) bond motifs is 1. The topological polar surface area (TPSA) is 103 Å². The lowest BCUT2D eigenvalue weighted by Gasteiger charge is -2.15. The van der Waals surface area contributed by atoms with Crippen molar-refractivity contribution in [3.05, 3.63) is 63.5 Å². The Kier molecular flexibility index (Phi) is 6.05. The first-order valence-electron chi connectivity index (χ1n) is 10.3. The van der Waals surface area contributed by atoms with Crippen molar-refractivity contribution >= 4 is 28.5 Å². The summed E-state index contributed by atoms with van der Waals surface area (Å²) in [5.41, 5.74) is 1.78. The molecule has 4 aromatic rings. The molecule has 3 aromatic heterocycles. The molecule has 0 bridgehead atoms. The minimum atomic E-state index is -0.294. The van der Waals surface area contributed by atoms with Crippen molar-refractivity contribution < 1.29 is 9.32 Å². The van der Waals surface area contributed by atoms with Crippen molar-refractivity contribution in [3.63, 3.8) is 0 Å². The van der Waals surface area contributed by atoms with Crippen LogP contribution in [-0.2, 0) is 11.3 Å². The van der Waals surface area contributed by atoms with Gasteiger partial charge in [-0.2, -0.15) is 4.98 Å². The summed E-state index contributed by atoms with van der Waals surface area (Å²) in [5.74, 6) is 0.226. The zero-order chi connectivity index (χ0) is 22.8. The number of nitrogens with one attached hydrogen (secondary N) is 1. The number of aromatic nitrogens is 4. The van der Waals surface area contributed by atoms with Crippen LogP contribution < -0.4 is 10.7 Å².